The van der Waals surface area contributed by atoms with Crippen LogP contribution in [0.2, 0.25) is 5.02 Å². The van der Waals surface area contributed by atoms with Gasteiger partial charge in [-0.3, -0.25) is 0 Å². The highest BCUT2D eigenvalue weighted by atomic mass is 35.5. The molecule has 0 amide bonds. The van der Waals surface area contributed by atoms with Crippen LogP contribution < -0.4 is 0 Å². The number of rotatable bonds is 6. The summed E-state index contributed by atoms with van der Waals surface area (Å²) in [4.78, 5) is 0. The summed E-state index contributed by atoms with van der Waals surface area (Å²) in [5.41, 5.74) is -0.172. The van der Waals surface area contributed by atoms with Gasteiger partial charge in [0, 0.05) is 10.4 Å². The summed E-state index contributed by atoms with van der Waals surface area (Å²) in [7, 11) is 0. The normalized spacial score (nSPS) is 11.8. The van der Waals surface area contributed by atoms with Crippen LogP contribution >= 0.6 is 11.6 Å². The molecule has 0 aliphatic heterocycles. The van der Waals surface area contributed by atoms with Crippen LogP contribution in [-0.4, -0.2) is 23.4 Å². The smallest absolute Gasteiger partial charge is 0.127 e. The zero-order chi connectivity index (χ0) is 12.9. The van der Waals surface area contributed by atoms with Gasteiger partial charge in [-0.15, -0.1) is 0 Å². The van der Waals surface area contributed by atoms with Crippen LogP contribution in [0.5, 0.6) is 0 Å². The summed E-state index contributed by atoms with van der Waals surface area (Å²) in [5, 5.41) is 19.2. The summed E-state index contributed by atoms with van der Waals surface area (Å²) in [6, 6.07) is 4.47. The average Bonchev–Trinajstić information content (AvgIpc) is 2.32. The molecule has 1 rings (SSSR count). The zero-order valence-electron chi connectivity index (χ0n) is 9.92. The Morgan fingerprint density at radius 2 is 1.94 bits per heavy atom. The molecule has 96 valence electrons. The molecule has 0 atom stereocenters. The van der Waals surface area contributed by atoms with E-state index >= 15 is 0 Å². The van der Waals surface area contributed by atoms with Crippen molar-refractivity contribution in [2.75, 3.05) is 13.2 Å². The molecule has 0 fully saturated rings. The summed E-state index contributed by atoms with van der Waals surface area (Å²) >= 11 is 5.68. The molecule has 0 saturated carbocycles. The molecule has 0 radical (unpaired) electrons. The summed E-state index contributed by atoms with van der Waals surface area (Å²) in [5.74, 6) is -0.389. The predicted molar refractivity (Wildman–Crippen MR) is 66.6 cm³/mol. The molecule has 0 bridgehead atoms. The fourth-order valence-electron chi connectivity index (χ4n) is 2.01. The van der Waals surface area contributed by atoms with Gasteiger partial charge in [0.2, 0.25) is 0 Å². The Balaban J connectivity index is 2.92. The van der Waals surface area contributed by atoms with E-state index in [-0.39, 0.29) is 19.0 Å². The first-order chi connectivity index (χ1) is 8.06. The van der Waals surface area contributed by atoms with E-state index in [1.54, 1.807) is 12.1 Å². The van der Waals surface area contributed by atoms with Crippen molar-refractivity contribution in [1.82, 2.24) is 0 Å². The van der Waals surface area contributed by atoms with Gasteiger partial charge >= 0.3 is 0 Å². The Kier molecular flexibility index (Phi) is 5.37. The first-order valence-corrected chi connectivity index (χ1v) is 6.10. The van der Waals surface area contributed by atoms with Gasteiger partial charge in [0.25, 0.3) is 0 Å². The van der Waals surface area contributed by atoms with Gasteiger partial charge in [0.05, 0.1) is 13.2 Å². The lowest BCUT2D eigenvalue weighted by Gasteiger charge is -2.29. The van der Waals surface area contributed by atoms with Crippen LogP contribution in [0.4, 0.5) is 4.39 Å². The van der Waals surface area contributed by atoms with Crippen LogP contribution in [-0.2, 0) is 6.42 Å². The van der Waals surface area contributed by atoms with Gasteiger partial charge in [-0.25, -0.2) is 4.39 Å². The maximum Gasteiger partial charge on any atom is 0.127 e. The number of aliphatic hydroxyl groups excluding tert-OH is 2. The highest BCUT2D eigenvalue weighted by Gasteiger charge is 2.29. The zero-order valence-corrected chi connectivity index (χ0v) is 10.7. The van der Waals surface area contributed by atoms with Crippen molar-refractivity contribution in [1.29, 1.82) is 0 Å². The van der Waals surface area contributed by atoms with Crippen LogP contribution in [0, 0.1) is 11.2 Å². The van der Waals surface area contributed by atoms with Gasteiger partial charge in [0.1, 0.15) is 5.82 Å². The fraction of sp³-hybridized carbons (Fsp3) is 0.538. The number of hydrogen-bond donors (Lipinski definition) is 2. The standard InChI is InChI=1S/C13H18ClFO2/c1-2-5-13(8-16,9-17)7-10-3-4-11(14)6-12(10)15/h3-4,6,16-17H,2,5,7-9H2,1H3. The van der Waals surface area contributed by atoms with E-state index in [9.17, 15) is 14.6 Å². The third-order valence-corrected chi connectivity index (χ3v) is 3.27. The molecular formula is C13H18ClFO2. The lowest BCUT2D eigenvalue weighted by Crippen LogP contribution is -2.32. The van der Waals surface area contributed by atoms with Gasteiger partial charge in [-0.05, 0) is 30.5 Å². The van der Waals surface area contributed by atoms with E-state index in [0.29, 0.717) is 23.4 Å². The monoisotopic (exact) mass is 260 g/mol. The van der Waals surface area contributed by atoms with Crippen LogP contribution in [0.15, 0.2) is 18.2 Å². The van der Waals surface area contributed by atoms with Crippen molar-refractivity contribution in [2.45, 2.75) is 26.2 Å². The molecule has 0 aliphatic carbocycles. The Morgan fingerprint density at radius 1 is 1.29 bits per heavy atom. The molecule has 0 aliphatic rings. The van der Waals surface area contributed by atoms with Gasteiger partial charge in [-0.1, -0.05) is 31.0 Å². The highest BCUT2D eigenvalue weighted by Crippen LogP contribution is 2.29. The quantitative estimate of drug-likeness (QED) is 0.826. The lowest BCUT2D eigenvalue weighted by molar-refractivity contribution is 0.0460. The van der Waals surface area contributed by atoms with Crippen molar-refractivity contribution in [2.24, 2.45) is 5.41 Å². The minimum atomic E-state index is -0.649. The number of halogens is 2. The third-order valence-electron chi connectivity index (χ3n) is 3.03. The van der Waals surface area contributed by atoms with E-state index in [1.807, 2.05) is 6.92 Å². The molecule has 17 heavy (non-hydrogen) atoms. The SMILES string of the molecule is CCCC(CO)(CO)Cc1ccc(Cl)cc1F. The third kappa shape index (κ3) is 3.66. The predicted octanol–water partition coefficient (Wildman–Crippen LogP) is 2.79. The maximum atomic E-state index is 13.6. The molecule has 0 heterocycles. The van der Waals surface area contributed by atoms with Crippen LogP contribution in [0.25, 0.3) is 0 Å². The molecule has 1 aromatic carbocycles. The Hall–Kier alpha value is -0.640. The van der Waals surface area contributed by atoms with Crippen molar-refractivity contribution >= 4 is 11.6 Å². The van der Waals surface area contributed by atoms with Crippen LogP contribution in [0.3, 0.4) is 0 Å². The number of hydrogen-bond acceptors (Lipinski definition) is 2. The molecule has 0 aromatic heterocycles. The van der Waals surface area contributed by atoms with Crippen LogP contribution in [0.1, 0.15) is 25.3 Å². The Labute approximate surface area is 106 Å². The first-order valence-electron chi connectivity index (χ1n) is 5.72. The van der Waals surface area contributed by atoms with Crippen molar-refractivity contribution in [3.8, 4) is 0 Å². The topological polar surface area (TPSA) is 40.5 Å². The minimum Gasteiger partial charge on any atom is -0.396 e. The molecule has 0 unspecified atom stereocenters. The molecule has 2 nitrogen and oxygen atoms in total. The maximum absolute atomic E-state index is 13.6. The highest BCUT2D eigenvalue weighted by molar-refractivity contribution is 6.30. The largest absolute Gasteiger partial charge is 0.396 e. The van der Waals surface area contributed by atoms with Crippen molar-refractivity contribution in [3.63, 3.8) is 0 Å². The van der Waals surface area contributed by atoms with E-state index in [1.165, 1.54) is 6.07 Å². The second-order valence-corrected chi connectivity index (χ2v) is 4.92. The average molecular weight is 261 g/mol. The minimum absolute atomic E-state index is 0.153. The van der Waals surface area contributed by atoms with Gasteiger partial charge in [0.15, 0.2) is 0 Å². The number of benzene rings is 1. The molecule has 0 spiro atoms. The Morgan fingerprint density at radius 3 is 2.41 bits per heavy atom. The molecule has 2 N–H and O–H groups in total. The summed E-state index contributed by atoms with van der Waals surface area (Å²) in [6.07, 6.45) is 1.80. The molecule has 4 heteroatoms. The number of aliphatic hydroxyl groups is 2. The van der Waals surface area contributed by atoms with E-state index in [4.69, 9.17) is 11.6 Å². The van der Waals surface area contributed by atoms with E-state index < -0.39 is 5.41 Å². The van der Waals surface area contributed by atoms with E-state index in [0.717, 1.165) is 6.42 Å². The van der Waals surface area contributed by atoms with Crippen molar-refractivity contribution < 1.29 is 14.6 Å². The van der Waals surface area contributed by atoms with E-state index in [2.05, 4.69) is 0 Å². The van der Waals surface area contributed by atoms with Gasteiger partial charge in [-0.2, -0.15) is 0 Å². The second-order valence-electron chi connectivity index (χ2n) is 4.48. The molecular weight excluding hydrogens is 243 g/mol. The molecule has 1 aromatic rings. The summed E-state index contributed by atoms with van der Waals surface area (Å²) < 4.78 is 13.6. The van der Waals surface area contributed by atoms with Crippen molar-refractivity contribution in [3.05, 3.63) is 34.6 Å². The first kappa shape index (κ1) is 14.4. The second kappa shape index (κ2) is 6.34. The summed E-state index contributed by atoms with van der Waals surface area (Å²) in [6.45, 7) is 1.66. The Bertz CT molecular complexity index is 364. The fourth-order valence-corrected chi connectivity index (χ4v) is 2.17. The lowest BCUT2D eigenvalue weighted by atomic mass is 9.79. The molecule has 0 saturated heterocycles. The van der Waals surface area contributed by atoms with Gasteiger partial charge < -0.3 is 10.2 Å².